The molecule has 28 heavy (non-hydrogen) atoms. The summed E-state index contributed by atoms with van der Waals surface area (Å²) in [5, 5.41) is 0.997. The van der Waals surface area contributed by atoms with Crippen molar-refractivity contribution >= 4 is 22.7 Å². The van der Waals surface area contributed by atoms with E-state index < -0.39 is 5.92 Å². The molecule has 0 spiro atoms. The Morgan fingerprint density at radius 2 is 1.96 bits per heavy atom. The van der Waals surface area contributed by atoms with Crippen LogP contribution in [0.25, 0.3) is 10.9 Å². The number of esters is 1. The number of hydrogen-bond acceptors (Lipinski definition) is 4. The summed E-state index contributed by atoms with van der Waals surface area (Å²) in [5.41, 5.74) is 2.94. The smallest absolute Gasteiger partial charge is 0.311 e. The minimum absolute atomic E-state index is 0.00404. The zero-order chi connectivity index (χ0) is 19.6. The minimum Gasteiger partial charge on any atom is -0.431 e. The number of ketones is 1. The Balaban J connectivity index is 1.74. The van der Waals surface area contributed by atoms with E-state index in [0.717, 1.165) is 23.7 Å². The van der Waals surface area contributed by atoms with E-state index in [0.29, 0.717) is 36.3 Å². The molecule has 1 atom stereocenters. The van der Waals surface area contributed by atoms with Gasteiger partial charge in [-0.1, -0.05) is 32.0 Å². The molecule has 0 N–H and O–H groups in total. The number of aromatic nitrogens is 1. The zero-order valence-electron chi connectivity index (χ0n) is 16.2. The summed E-state index contributed by atoms with van der Waals surface area (Å²) < 4.78 is 7.31. The molecule has 0 saturated heterocycles. The first kappa shape index (κ1) is 17.4. The van der Waals surface area contributed by atoms with E-state index in [9.17, 15) is 14.4 Å². The first-order chi connectivity index (χ1) is 13.3. The van der Waals surface area contributed by atoms with Gasteiger partial charge in [-0.05, 0) is 35.3 Å². The average Bonchev–Trinajstić information content (AvgIpc) is 2.62. The molecule has 1 aromatic heterocycles. The molecule has 2 aliphatic heterocycles. The van der Waals surface area contributed by atoms with Gasteiger partial charge in [0.2, 0.25) is 0 Å². The van der Waals surface area contributed by atoms with Crippen LogP contribution in [0, 0.1) is 5.41 Å². The number of Topliss-reactive ketones (excluding diaryl/α,β-unsaturated/α-hetero) is 1. The standard InChI is InChI=1S/C23H23NO4/c1-23(2)11-17(25)20-15(10-19(26)28-18(20)12-23)16-9-14-6-3-5-13-7-4-8-24(21(13)14)22(16)27/h3,5-6,9,15H,4,7-8,10-12H2,1-2H3. The van der Waals surface area contributed by atoms with Crippen molar-refractivity contribution in [2.45, 2.75) is 58.4 Å². The van der Waals surface area contributed by atoms with Gasteiger partial charge in [-0.2, -0.15) is 0 Å². The fraction of sp³-hybridized carbons (Fsp3) is 0.435. The Morgan fingerprint density at radius 3 is 2.79 bits per heavy atom. The molecule has 1 aliphatic carbocycles. The third kappa shape index (κ3) is 2.56. The lowest BCUT2D eigenvalue weighted by Crippen LogP contribution is -2.37. The fourth-order valence-electron chi connectivity index (χ4n) is 5.11. The van der Waals surface area contributed by atoms with Crippen LogP contribution >= 0.6 is 0 Å². The van der Waals surface area contributed by atoms with Gasteiger partial charge in [0.25, 0.3) is 5.56 Å². The first-order valence-corrected chi connectivity index (χ1v) is 9.96. The highest BCUT2D eigenvalue weighted by Gasteiger charge is 2.43. The number of ether oxygens (including phenoxy) is 1. The van der Waals surface area contributed by atoms with Crippen molar-refractivity contribution in [3.63, 3.8) is 0 Å². The van der Waals surface area contributed by atoms with Gasteiger partial charge < -0.3 is 9.30 Å². The molecule has 144 valence electrons. The molecule has 0 saturated carbocycles. The predicted octanol–water partition coefficient (Wildman–Crippen LogP) is 3.62. The zero-order valence-corrected chi connectivity index (χ0v) is 16.2. The summed E-state index contributed by atoms with van der Waals surface area (Å²) in [6.07, 6.45) is 2.89. The van der Waals surface area contributed by atoms with Gasteiger partial charge in [-0.3, -0.25) is 14.4 Å². The van der Waals surface area contributed by atoms with Gasteiger partial charge in [-0.15, -0.1) is 0 Å². The van der Waals surface area contributed by atoms with E-state index in [4.69, 9.17) is 4.74 Å². The third-order valence-electron chi connectivity index (χ3n) is 6.26. The normalized spacial score (nSPS) is 23.6. The molecular formula is C23H23NO4. The van der Waals surface area contributed by atoms with E-state index in [1.165, 1.54) is 5.56 Å². The van der Waals surface area contributed by atoms with Gasteiger partial charge in [0.1, 0.15) is 5.76 Å². The summed E-state index contributed by atoms with van der Waals surface area (Å²) in [7, 11) is 0. The van der Waals surface area contributed by atoms with Crippen molar-refractivity contribution in [3.05, 3.63) is 57.1 Å². The Labute approximate surface area is 163 Å². The van der Waals surface area contributed by atoms with E-state index in [1.54, 1.807) is 0 Å². The molecule has 1 aromatic carbocycles. The lowest BCUT2D eigenvalue weighted by atomic mass is 9.71. The number of nitrogens with zero attached hydrogens (tertiary/aromatic N) is 1. The van der Waals surface area contributed by atoms with Crippen LogP contribution in [0.3, 0.4) is 0 Å². The molecule has 2 aromatic rings. The van der Waals surface area contributed by atoms with Crippen LogP contribution in [0.2, 0.25) is 0 Å². The van der Waals surface area contributed by atoms with Crippen LogP contribution in [0.1, 0.15) is 56.6 Å². The number of aryl methyl sites for hydroxylation is 2. The topological polar surface area (TPSA) is 65.4 Å². The Bertz CT molecular complexity index is 1140. The van der Waals surface area contributed by atoms with E-state index in [2.05, 4.69) is 6.07 Å². The SMILES string of the molecule is CC1(C)CC(=O)C2=C(C1)OC(=O)CC2c1cc2cccc3c2n(c1=O)CCC3. The van der Waals surface area contributed by atoms with Crippen LogP contribution in [-0.4, -0.2) is 16.3 Å². The first-order valence-electron chi connectivity index (χ1n) is 9.96. The Hall–Kier alpha value is -2.69. The maximum atomic E-state index is 13.4. The second-order valence-electron chi connectivity index (χ2n) is 9.02. The molecule has 5 rings (SSSR count). The van der Waals surface area contributed by atoms with Crippen LogP contribution in [0.4, 0.5) is 0 Å². The maximum absolute atomic E-state index is 13.4. The quantitative estimate of drug-likeness (QED) is 0.712. The number of pyridine rings is 1. The van der Waals surface area contributed by atoms with E-state index in [1.807, 2.05) is 36.6 Å². The maximum Gasteiger partial charge on any atom is 0.311 e. The highest BCUT2D eigenvalue weighted by Crippen LogP contribution is 2.45. The highest BCUT2D eigenvalue weighted by molar-refractivity contribution is 6.01. The van der Waals surface area contributed by atoms with Crippen molar-refractivity contribution in [1.29, 1.82) is 0 Å². The molecule has 5 heteroatoms. The fourth-order valence-corrected chi connectivity index (χ4v) is 5.11. The van der Waals surface area contributed by atoms with Crippen molar-refractivity contribution < 1.29 is 14.3 Å². The monoisotopic (exact) mass is 377 g/mol. The molecule has 0 bridgehead atoms. The summed E-state index contributed by atoms with van der Waals surface area (Å²) in [4.78, 5) is 38.7. The second kappa shape index (κ2) is 5.90. The molecule has 3 aliphatic rings. The minimum atomic E-state index is -0.508. The molecule has 0 fully saturated rings. The van der Waals surface area contributed by atoms with Crippen molar-refractivity contribution in [1.82, 2.24) is 4.57 Å². The average molecular weight is 377 g/mol. The van der Waals surface area contributed by atoms with E-state index in [-0.39, 0.29) is 29.1 Å². The number of carbonyl (C=O) groups excluding carboxylic acids is 2. The number of benzene rings is 1. The molecule has 1 unspecified atom stereocenters. The number of allylic oxidation sites excluding steroid dienone is 2. The number of para-hydroxylation sites is 1. The van der Waals surface area contributed by atoms with Crippen LogP contribution in [0.5, 0.6) is 0 Å². The molecule has 3 heterocycles. The largest absolute Gasteiger partial charge is 0.431 e. The summed E-state index contributed by atoms with van der Waals surface area (Å²) >= 11 is 0. The Kier molecular flexibility index (Phi) is 3.67. The van der Waals surface area contributed by atoms with Gasteiger partial charge in [-0.25, -0.2) is 0 Å². The third-order valence-corrected chi connectivity index (χ3v) is 6.26. The number of hydrogen-bond donors (Lipinski definition) is 0. The van der Waals surface area contributed by atoms with Gasteiger partial charge in [0.15, 0.2) is 5.78 Å². The van der Waals surface area contributed by atoms with Crippen molar-refractivity contribution in [2.75, 3.05) is 0 Å². The predicted molar refractivity (Wildman–Crippen MR) is 105 cm³/mol. The Morgan fingerprint density at radius 1 is 1.14 bits per heavy atom. The van der Waals surface area contributed by atoms with Gasteiger partial charge in [0.05, 0.1) is 11.9 Å². The van der Waals surface area contributed by atoms with Gasteiger partial charge in [0, 0.05) is 36.4 Å². The summed E-state index contributed by atoms with van der Waals surface area (Å²) in [6, 6.07) is 7.98. The van der Waals surface area contributed by atoms with Crippen molar-refractivity contribution in [3.8, 4) is 0 Å². The van der Waals surface area contributed by atoms with Gasteiger partial charge >= 0.3 is 5.97 Å². The van der Waals surface area contributed by atoms with E-state index >= 15 is 0 Å². The summed E-state index contributed by atoms with van der Waals surface area (Å²) in [5.74, 6) is -0.405. The molecule has 0 amide bonds. The second-order valence-corrected chi connectivity index (χ2v) is 9.02. The molecule has 5 nitrogen and oxygen atoms in total. The molecular weight excluding hydrogens is 354 g/mol. The van der Waals surface area contributed by atoms with Crippen LogP contribution < -0.4 is 5.56 Å². The highest BCUT2D eigenvalue weighted by atomic mass is 16.5. The van der Waals surface area contributed by atoms with Crippen molar-refractivity contribution in [2.24, 2.45) is 5.41 Å². The van der Waals surface area contributed by atoms with Crippen LogP contribution in [0.15, 0.2) is 40.4 Å². The summed E-state index contributed by atoms with van der Waals surface area (Å²) in [6.45, 7) is 4.68. The number of carbonyl (C=O) groups is 2. The molecule has 0 radical (unpaired) electrons. The number of rotatable bonds is 1. The lowest BCUT2D eigenvalue weighted by Gasteiger charge is -2.36. The van der Waals surface area contributed by atoms with Crippen LogP contribution in [-0.2, 0) is 27.3 Å². The lowest BCUT2D eigenvalue weighted by molar-refractivity contribution is -0.142.